The fourth-order valence-electron chi connectivity index (χ4n) is 1.43. The molecule has 0 saturated carbocycles. The summed E-state index contributed by atoms with van der Waals surface area (Å²) in [6.07, 6.45) is -0.0943. The van der Waals surface area contributed by atoms with Crippen LogP contribution in [0.1, 0.15) is 6.42 Å². The largest absolute Gasteiger partial charge is 0.812 e. The summed E-state index contributed by atoms with van der Waals surface area (Å²) in [6, 6.07) is -0.236. The molecule has 9 heteroatoms. The van der Waals surface area contributed by atoms with Gasteiger partial charge in [0.2, 0.25) is 0 Å². The molecule has 1 aliphatic heterocycles. The maximum Gasteiger partial charge on any atom is 0.107 e. The Bertz CT molecular complexity index is 250. The monoisotopic (exact) mass is 247 g/mol. The molecule has 0 N–H and O–H groups in total. The molecule has 0 amide bonds. The van der Waals surface area contributed by atoms with Gasteiger partial charge in [0.15, 0.2) is 0 Å². The van der Waals surface area contributed by atoms with Crippen molar-refractivity contribution in [1.29, 1.82) is 0 Å². The molecule has 3 atom stereocenters. The highest BCUT2D eigenvalue weighted by molar-refractivity contribution is 8.05. The van der Waals surface area contributed by atoms with E-state index in [1.54, 1.807) is 0 Å². The molecule has 1 aliphatic rings. The summed E-state index contributed by atoms with van der Waals surface area (Å²) in [5.74, 6) is 0. The van der Waals surface area contributed by atoms with E-state index < -0.39 is 12.8 Å². The molecule has 0 aliphatic carbocycles. The molecule has 1 fully saturated rings. The van der Waals surface area contributed by atoms with Crippen LogP contribution in [0, 0.1) is 0 Å². The van der Waals surface area contributed by atoms with E-state index in [1.165, 1.54) is 14.3 Å². The second-order valence-corrected chi connectivity index (χ2v) is 5.65. The van der Waals surface area contributed by atoms with E-state index >= 15 is 0 Å². The lowest BCUT2D eigenvalue weighted by Crippen LogP contribution is -2.30. The molecule has 0 bridgehead atoms. The standard InChI is InChI=1S/C6H12B2O5PS/c1-11-4-2-6(8-7)13-5(4)3-12-14(9,10)15/h4-6H,2-3H2,1H3,(H2,9,10,15)/p-2/t4-,5-,6-/m1/s1. The first kappa shape index (κ1) is 13.6. The van der Waals surface area contributed by atoms with E-state index in [2.05, 4.69) is 16.3 Å². The maximum absolute atomic E-state index is 10.6. The maximum atomic E-state index is 10.6. The van der Waals surface area contributed by atoms with E-state index in [4.69, 9.17) is 17.2 Å². The molecule has 1 saturated heterocycles. The Balaban J connectivity index is 2.43. The molecule has 3 radical (unpaired) electrons. The highest BCUT2D eigenvalue weighted by Gasteiger charge is 2.34. The van der Waals surface area contributed by atoms with Crippen LogP contribution in [-0.4, -0.2) is 46.8 Å². The lowest BCUT2D eigenvalue weighted by molar-refractivity contribution is -0.322. The lowest BCUT2D eigenvalue weighted by Gasteiger charge is -2.35. The Labute approximate surface area is 96.0 Å². The van der Waals surface area contributed by atoms with Crippen molar-refractivity contribution in [3.8, 4) is 0 Å². The highest BCUT2D eigenvalue weighted by atomic mass is 32.5. The van der Waals surface area contributed by atoms with Gasteiger partial charge < -0.3 is 23.8 Å². The van der Waals surface area contributed by atoms with Gasteiger partial charge in [0.05, 0.1) is 19.9 Å². The summed E-state index contributed by atoms with van der Waals surface area (Å²) in [4.78, 5) is 21.3. The van der Waals surface area contributed by atoms with E-state index in [0.29, 0.717) is 6.42 Å². The summed E-state index contributed by atoms with van der Waals surface area (Å²) in [6.45, 7) is -4.26. The highest BCUT2D eigenvalue weighted by Crippen LogP contribution is 2.29. The number of hydrogen-bond acceptors (Lipinski definition) is 6. The Morgan fingerprint density at radius 2 is 2.33 bits per heavy atom. The number of hydrogen-bond donors (Lipinski definition) is 0. The van der Waals surface area contributed by atoms with Crippen molar-refractivity contribution < 1.29 is 23.8 Å². The van der Waals surface area contributed by atoms with Crippen molar-refractivity contribution in [2.24, 2.45) is 0 Å². The smallest absolute Gasteiger partial charge is 0.107 e. The van der Waals surface area contributed by atoms with Gasteiger partial charge in [-0.05, 0) is 6.42 Å². The molecule has 0 unspecified atom stereocenters. The Kier molecular flexibility index (Phi) is 5.25. The van der Waals surface area contributed by atoms with Crippen LogP contribution in [-0.2, 0) is 25.8 Å². The quantitative estimate of drug-likeness (QED) is 0.408. The molecule has 0 aromatic heterocycles. The summed E-state index contributed by atoms with van der Waals surface area (Å²) in [5, 5.41) is 0. The van der Waals surface area contributed by atoms with Crippen LogP contribution >= 0.6 is 6.72 Å². The first-order chi connectivity index (χ1) is 6.96. The molecule has 5 nitrogen and oxygen atoms in total. The van der Waals surface area contributed by atoms with Gasteiger partial charge in [-0.25, -0.2) is 0 Å². The van der Waals surface area contributed by atoms with Gasteiger partial charge >= 0.3 is 0 Å². The van der Waals surface area contributed by atoms with Crippen molar-refractivity contribution in [3.63, 3.8) is 0 Å². The van der Waals surface area contributed by atoms with Gasteiger partial charge in [0.25, 0.3) is 0 Å². The molecular formula is C6H10B2O5PS-2. The summed E-state index contributed by atoms with van der Waals surface area (Å²) in [7, 11) is 8.23. The minimum absolute atomic E-state index is 0.132. The van der Waals surface area contributed by atoms with Crippen molar-refractivity contribution in [2.45, 2.75) is 24.6 Å². The average Bonchev–Trinajstić information content (AvgIpc) is 2.56. The zero-order chi connectivity index (χ0) is 11.5. The number of rotatable bonds is 5. The Morgan fingerprint density at radius 3 is 2.80 bits per heavy atom. The van der Waals surface area contributed by atoms with E-state index in [0.717, 1.165) is 0 Å². The third-order valence-electron chi connectivity index (χ3n) is 2.14. The molecule has 83 valence electrons. The van der Waals surface area contributed by atoms with Crippen LogP contribution in [0.15, 0.2) is 0 Å². The molecule has 15 heavy (non-hydrogen) atoms. The fraction of sp³-hybridized carbons (Fsp3) is 1.00. The van der Waals surface area contributed by atoms with Crippen molar-refractivity contribution in [3.05, 3.63) is 0 Å². The number of methoxy groups -OCH3 is 1. The Hall–Kier alpha value is 0.580. The summed E-state index contributed by atoms with van der Waals surface area (Å²) < 4.78 is 15.0. The van der Waals surface area contributed by atoms with E-state index in [-0.39, 0.29) is 18.7 Å². The van der Waals surface area contributed by atoms with Gasteiger partial charge in [-0.1, -0.05) is 6.72 Å². The first-order valence-electron chi connectivity index (χ1n) is 4.36. The predicted molar refractivity (Wildman–Crippen MR) is 55.8 cm³/mol. The van der Waals surface area contributed by atoms with Gasteiger partial charge in [-0.15, -0.1) is 11.8 Å². The fourth-order valence-corrected chi connectivity index (χ4v) is 1.94. The van der Waals surface area contributed by atoms with Gasteiger partial charge in [-0.2, -0.15) is 0 Å². The van der Waals surface area contributed by atoms with E-state index in [1.807, 2.05) is 0 Å². The van der Waals surface area contributed by atoms with Crippen molar-refractivity contribution in [1.82, 2.24) is 0 Å². The molecule has 0 aromatic carbocycles. The van der Waals surface area contributed by atoms with Crippen molar-refractivity contribution in [2.75, 3.05) is 13.7 Å². The summed E-state index contributed by atoms with van der Waals surface area (Å²) in [5.41, 5.74) is 0. The number of ether oxygens (including phenoxy) is 2. The molecule has 1 heterocycles. The normalized spacial score (nSPS) is 31.8. The minimum atomic E-state index is -4.13. The van der Waals surface area contributed by atoms with Crippen LogP contribution in [0.4, 0.5) is 0 Å². The predicted octanol–water partition coefficient (Wildman–Crippen LogP) is -2.13. The third-order valence-corrected chi connectivity index (χ3v) is 2.92. The van der Waals surface area contributed by atoms with Crippen LogP contribution in [0.25, 0.3) is 0 Å². The van der Waals surface area contributed by atoms with Crippen molar-refractivity contribution >= 4 is 33.4 Å². The molecule has 0 spiro atoms. The first-order valence-corrected chi connectivity index (χ1v) is 6.92. The molecular weight excluding hydrogens is 237 g/mol. The van der Waals surface area contributed by atoms with Gasteiger partial charge in [-0.3, -0.25) is 0 Å². The van der Waals surface area contributed by atoms with Gasteiger partial charge in [0, 0.05) is 20.9 Å². The van der Waals surface area contributed by atoms with Crippen LogP contribution in [0.5, 0.6) is 0 Å². The topological polar surface area (TPSA) is 73.8 Å². The zero-order valence-electron chi connectivity index (χ0n) is 8.20. The molecule has 0 aromatic rings. The summed E-state index contributed by atoms with van der Waals surface area (Å²) >= 11 is 4.10. The lowest BCUT2D eigenvalue weighted by atomic mass is 9.51. The average molecular weight is 247 g/mol. The van der Waals surface area contributed by atoms with Crippen LogP contribution < -0.4 is 9.79 Å². The Morgan fingerprint density at radius 1 is 1.67 bits per heavy atom. The van der Waals surface area contributed by atoms with Crippen LogP contribution in [0.3, 0.4) is 0 Å². The van der Waals surface area contributed by atoms with E-state index in [9.17, 15) is 9.79 Å². The zero-order valence-corrected chi connectivity index (χ0v) is 9.91. The second kappa shape index (κ2) is 5.77. The molecule has 1 rings (SSSR count). The minimum Gasteiger partial charge on any atom is -0.812 e. The SMILES string of the molecule is [B][B][C@H]1C[C@@H](OC)[C@@H](COP([O-])([O-])=S)O1. The second-order valence-electron chi connectivity index (χ2n) is 3.16. The van der Waals surface area contributed by atoms with Gasteiger partial charge in [0.1, 0.15) is 6.10 Å². The third kappa shape index (κ3) is 4.53. The van der Waals surface area contributed by atoms with Crippen LogP contribution in [0.2, 0.25) is 0 Å².